The van der Waals surface area contributed by atoms with Gasteiger partial charge in [-0.15, -0.1) is 0 Å². The number of carbonyl (C=O) groups excluding carboxylic acids is 1. The molecule has 4 heterocycles. The second kappa shape index (κ2) is 8.07. The zero-order valence-corrected chi connectivity index (χ0v) is 18.0. The number of fused-ring (bicyclic) bond motifs is 3. The summed E-state index contributed by atoms with van der Waals surface area (Å²) < 4.78 is 0. The maximum absolute atomic E-state index is 13.0. The highest BCUT2D eigenvalue weighted by molar-refractivity contribution is 5.80. The van der Waals surface area contributed by atoms with Gasteiger partial charge in [0.2, 0.25) is 5.91 Å². The maximum Gasteiger partial charge on any atom is 0.223 e. The molecule has 2 aromatic carbocycles. The third-order valence-electron chi connectivity index (χ3n) is 7.65. The fourth-order valence-electron chi connectivity index (χ4n) is 5.74. The molecule has 4 saturated heterocycles. The summed E-state index contributed by atoms with van der Waals surface area (Å²) in [5.41, 5.74) is 3.73. The molecule has 0 radical (unpaired) electrons. The Kier molecular flexibility index (Phi) is 5.28. The van der Waals surface area contributed by atoms with Gasteiger partial charge in [0, 0.05) is 31.2 Å². The molecule has 4 heteroatoms. The minimum atomic E-state index is -0.0298. The topological polar surface area (TPSA) is 35.6 Å². The van der Waals surface area contributed by atoms with Crippen LogP contribution in [0.25, 0.3) is 11.1 Å². The van der Waals surface area contributed by atoms with E-state index in [-0.39, 0.29) is 17.4 Å². The first-order chi connectivity index (χ1) is 14.6. The molecule has 2 bridgehead atoms. The highest BCUT2D eigenvalue weighted by Crippen LogP contribution is 2.36. The average Bonchev–Trinajstić information content (AvgIpc) is 2.80. The Balaban J connectivity index is 1.17. The number of anilines is 1. The van der Waals surface area contributed by atoms with Crippen molar-refractivity contribution in [2.75, 3.05) is 37.6 Å². The highest BCUT2D eigenvalue weighted by atomic mass is 16.2. The molecular weight excluding hydrogens is 370 g/mol. The molecule has 30 heavy (non-hydrogen) atoms. The van der Waals surface area contributed by atoms with Crippen LogP contribution in [-0.4, -0.2) is 49.1 Å². The van der Waals surface area contributed by atoms with Gasteiger partial charge in [-0.25, -0.2) is 0 Å². The first-order valence-electron chi connectivity index (χ1n) is 11.6. The first kappa shape index (κ1) is 19.6. The van der Waals surface area contributed by atoms with Crippen LogP contribution < -0.4 is 10.2 Å². The van der Waals surface area contributed by atoms with Gasteiger partial charge < -0.3 is 15.1 Å². The van der Waals surface area contributed by atoms with E-state index in [1.165, 1.54) is 42.7 Å². The Morgan fingerprint density at radius 2 is 1.50 bits per heavy atom. The van der Waals surface area contributed by atoms with E-state index in [0.717, 1.165) is 32.5 Å². The van der Waals surface area contributed by atoms with Gasteiger partial charge in [-0.1, -0.05) is 42.5 Å². The van der Waals surface area contributed by atoms with E-state index >= 15 is 0 Å². The zero-order chi connectivity index (χ0) is 20.6. The van der Waals surface area contributed by atoms with Crippen LogP contribution in [0.2, 0.25) is 0 Å². The minimum Gasteiger partial charge on any atom is -0.371 e. The van der Waals surface area contributed by atoms with Crippen LogP contribution in [0.4, 0.5) is 5.69 Å². The minimum absolute atomic E-state index is 0.0298. The molecule has 4 aliphatic rings. The lowest BCUT2D eigenvalue weighted by Crippen LogP contribution is -2.66. The fraction of sp³-hybridized carbons (Fsp3) is 0.500. The number of carbonyl (C=O) groups is 1. The van der Waals surface area contributed by atoms with Crippen LogP contribution in [-0.2, 0) is 4.79 Å². The summed E-state index contributed by atoms with van der Waals surface area (Å²) in [5.74, 6) is 1.08. The van der Waals surface area contributed by atoms with Crippen molar-refractivity contribution in [1.29, 1.82) is 0 Å². The SMILES string of the molecule is CC1(NC(=O)C2CCN(c3ccc(-c4ccccc4)cc3)CC2)CN2CCC1CC2. The van der Waals surface area contributed by atoms with Gasteiger partial charge in [0.1, 0.15) is 0 Å². The summed E-state index contributed by atoms with van der Waals surface area (Å²) in [6.07, 6.45) is 4.34. The Labute approximate surface area is 180 Å². The van der Waals surface area contributed by atoms with Crippen LogP contribution in [0.1, 0.15) is 32.6 Å². The molecule has 1 N–H and O–H groups in total. The predicted octanol–water partition coefficient (Wildman–Crippen LogP) is 4.17. The van der Waals surface area contributed by atoms with Crippen molar-refractivity contribution < 1.29 is 4.79 Å². The van der Waals surface area contributed by atoms with E-state index < -0.39 is 0 Å². The van der Waals surface area contributed by atoms with Gasteiger partial charge in [0.25, 0.3) is 0 Å². The largest absolute Gasteiger partial charge is 0.371 e. The second-order valence-electron chi connectivity index (χ2n) is 9.63. The summed E-state index contributed by atoms with van der Waals surface area (Å²) in [6.45, 7) is 7.61. The average molecular weight is 404 g/mol. The molecule has 0 aromatic heterocycles. The lowest BCUT2D eigenvalue weighted by Gasteiger charge is -2.52. The summed E-state index contributed by atoms with van der Waals surface area (Å²) in [5, 5.41) is 3.48. The number of rotatable bonds is 4. The summed E-state index contributed by atoms with van der Waals surface area (Å²) >= 11 is 0. The monoisotopic (exact) mass is 403 g/mol. The molecule has 0 aliphatic carbocycles. The predicted molar refractivity (Wildman–Crippen MR) is 123 cm³/mol. The van der Waals surface area contributed by atoms with E-state index in [0.29, 0.717) is 5.92 Å². The molecule has 1 unspecified atom stereocenters. The Morgan fingerprint density at radius 1 is 0.867 bits per heavy atom. The van der Waals surface area contributed by atoms with Crippen molar-refractivity contribution in [3.05, 3.63) is 54.6 Å². The lowest BCUT2D eigenvalue weighted by molar-refractivity contribution is -0.130. The molecule has 1 amide bonds. The number of benzene rings is 2. The Hall–Kier alpha value is -2.33. The molecule has 4 fully saturated rings. The van der Waals surface area contributed by atoms with Gasteiger partial charge in [-0.2, -0.15) is 0 Å². The number of piperidine rings is 4. The van der Waals surface area contributed by atoms with Crippen molar-refractivity contribution in [2.24, 2.45) is 11.8 Å². The highest BCUT2D eigenvalue weighted by Gasteiger charge is 2.44. The quantitative estimate of drug-likeness (QED) is 0.832. The molecule has 0 spiro atoms. The van der Waals surface area contributed by atoms with Gasteiger partial charge in [0.15, 0.2) is 0 Å². The van der Waals surface area contributed by atoms with Crippen LogP contribution in [0, 0.1) is 11.8 Å². The van der Waals surface area contributed by atoms with Crippen LogP contribution in [0.3, 0.4) is 0 Å². The fourth-order valence-corrected chi connectivity index (χ4v) is 5.74. The third kappa shape index (κ3) is 3.85. The number of hydrogen-bond donors (Lipinski definition) is 1. The van der Waals surface area contributed by atoms with Gasteiger partial charge in [-0.3, -0.25) is 4.79 Å². The molecule has 1 atom stereocenters. The number of nitrogens with zero attached hydrogens (tertiary/aromatic N) is 2. The molecule has 0 saturated carbocycles. The normalized spacial score (nSPS) is 29.0. The molecule has 158 valence electrons. The maximum atomic E-state index is 13.0. The van der Waals surface area contributed by atoms with E-state index in [4.69, 9.17) is 0 Å². The van der Waals surface area contributed by atoms with Crippen molar-refractivity contribution in [3.63, 3.8) is 0 Å². The molecule has 4 aliphatic heterocycles. The van der Waals surface area contributed by atoms with Gasteiger partial charge in [-0.05, 0) is 74.9 Å². The van der Waals surface area contributed by atoms with Crippen molar-refractivity contribution >= 4 is 11.6 Å². The smallest absolute Gasteiger partial charge is 0.223 e. The van der Waals surface area contributed by atoms with Crippen LogP contribution in [0.15, 0.2) is 54.6 Å². The summed E-state index contributed by atoms with van der Waals surface area (Å²) in [4.78, 5) is 18.0. The number of hydrogen-bond acceptors (Lipinski definition) is 3. The Morgan fingerprint density at radius 3 is 2.10 bits per heavy atom. The summed E-state index contributed by atoms with van der Waals surface area (Å²) in [7, 11) is 0. The Bertz CT molecular complexity index is 865. The number of amides is 1. The van der Waals surface area contributed by atoms with Gasteiger partial charge in [0.05, 0.1) is 5.54 Å². The van der Waals surface area contributed by atoms with Crippen LogP contribution in [0.5, 0.6) is 0 Å². The zero-order valence-electron chi connectivity index (χ0n) is 18.0. The van der Waals surface area contributed by atoms with Crippen LogP contribution >= 0.6 is 0 Å². The van der Waals surface area contributed by atoms with E-state index in [2.05, 4.69) is 76.6 Å². The van der Waals surface area contributed by atoms with E-state index in [1.54, 1.807) is 0 Å². The van der Waals surface area contributed by atoms with Crippen molar-refractivity contribution in [2.45, 2.75) is 38.1 Å². The van der Waals surface area contributed by atoms with Crippen molar-refractivity contribution in [1.82, 2.24) is 10.2 Å². The van der Waals surface area contributed by atoms with E-state index in [9.17, 15) is 4.79 Å². The third-order valence-corrected chi connectivity index (χ3v) is 7.65. The molecular formula is C26H33N3O. The standard InChI is InChI=1S/C26H33N3O/c1-26(19-28-15-13-23(26)14-16-28)27-25(30)22-11-17-29(18-12-22)24-9-7-21(8-10-24)20-5-3-2-4-6-20/h2-10,22-23H,11-19H2,1H3,(H,27,30). The molecule has 4 nitrogen and oxygen atoms in total. The second-order valence-corrected chi connectivity index (χ2v) is 9.63. The molecule has 6 rings (SSSR count). The summed E-state index contributed by atoms with van der Waals surface area (Å²) in [6, 6.07) is 19.4. The lowest BCUT2D eigenvalue weighted by atomic mass is 9.73. The first-order valence-corrected chi connectivity index (χ1v) is 11.6. The molecule has 2 aromatic rings. The van der Waals surface area contributed by atoms with Gasteiger partial charge >= 0.3 is 0 Å². The number of nitrogens with one attached hydrogen (secondary N) is 1. The van der Waals surface area contributed by atoms with E-state index in [1.807, 2.05) is 0 Å². The van der Waals surface area contributed by atoms with Crippen molar-refractivity contribution in [3.8, 4) is 11.1 Å².